The van der Waals surface area contributed by atoms with Crippen molar-refractivity contribution < 1.29 is 9.47 Å². The van der Waals surface area contributed by atoms with Crippen molar-refractivity contribution >= 4 is 24.2 Å². The van der Waals surface area contributed by atoms with Gasteiger partial charge in [-0.2, -0.15) is 12.6 Å². The van der Waals surface area contributed by atoms with Crippen molar-refractivity contribution in [3.63, 3.8) is 0 Å². The summed E-state index contributed by atoms with van der Waals surface area (Å²) >= 11 is 9.93. The second-order valence-corrected chi connectivity index (χ2v) is 3.95. The van der Waals surface area contributed by atoms with E-state index in [4.69, 9.17) is 21.1 Å². The first-order valence-electron chi connectivity index (χ1n) is 4.81. The number of benzene rings is 1. The van der Waals surface area contributed by atoms with Gasteiger partial charge < -0.3 is 9.47 Å². The average Bonchev–Trinajstić information content (AvgIpc) is 2.23. The molecule has 0 spiro atoms. The van der Waals surface area contributed by atoms with Crippen LogP contribution in [0.3, 0.4) is 0 Å². The molecule has 0 bridgehead atoms. The number of aryl methyl sites for hydroxylation is 1. The first-order chi connectivity index (χ1) is 7.24. The maximum absolute atomic E-state index is 5.89. The number of hydrogen-bond donors (Lipinski definition) is 1. The molecule has 1 rings (SSSR count). The van der Waals surface area contributed by atoms with Gasteiger partial charge in [-0.25, -0.2) is 0 Å². The fraction of sp³-hybridized carbons (Fsp3) is 0.455. The van der Waals surface area contributed by atoms with Crippen molar-refractivity contribution in [3.05, 3.63) is 28.8 Å². The van der Waals surface area contributed by atoms with E-state index in [1.165, 1.54) is 0 Å². The van der Waals surface area contributed by atoms with Gasteiger partial charge in [0, 0.05) is 10.8 Å². The van der Waals surface area contributed by atoms with Gasteiger partial charge in [0.2, 0.25) is 0 Å². The Bertz CT molecular complexity index is 305. The van der Waals surface area contributed by atoms with Crippen LogP contribution in [0.1, 0.15) is 5.56 Å². The third-order valence-electron chi connectivity index (χ3n) is 1.86. The van der Waals surface area contributed by atoms with Crippen molar-refractivity contribution in [1.82, 2.24) is 0 Å². The Morgan fingerprint density at radius 2 is 2.07 bits per heavy atom. The molecular weight excluding hydrogens is 232 g/mol. The summed E-state index contributed by atoms with van der Waals surface area (Å²) < 4.78 is 10.7. The van der Waals surface area contributed by atoms with E-state index in [1.54, 1.807) is 0 Å². The summed E-state index contributed by atoms with van der Waals surface area (Å²) in [6, 6.07) is 5.61. The van der Waals surface area contributed by atoms with Crippen molar-refractivity contribution in [2.24, 2.45) is 0 Å². The van der Waals surface area contributed by atoms with Crippen LogP contribution in [0.4, 0.5) is 0 Å². The summed E-state index contributed by atoms with van der Waals surface area (Å²) in [5, 5.41) is 0.758. The predicted octanol–water partition coefficient (Wildman–Crippen LogP) is 2.97. The maximum Gasteiger partial charge on any atom is 0.119 e. The van der Waals surface area contributed by atoms with Crippen molar-refractivity contribution in [3.8, 4) is 5.75 Å². The normalized spacial score (nSPS) is 10.3. The monoisotopic (exact) mass is 246 g/mol. The second kappa shape index (κ2) is 6.99. The number of halogens is 1. The summed E-state index contributed by atoms with van der Waals surface area (Å²) in [6.45, 7) is 3.75. The Morgan fingerprint density at radius 3 is 2.73 bits per heavy atom. The Balaban J connectivity index is 2.28. The molecule has 0 saturated carbocycles. The molecule has 0 heterocycles. The fourth-order valence-corrected chi connectivity index (χ4v) is 1.34. The molecule has 0 unspecified atom stereocenters. The van der Waals surface area contributed by atoms with Gasteiger partial charge in [-0.1, -0.05) is 11.6 Å². The van der Waals surface area contributed by atoms with Crippen LogP contribution in [-0.4, -0.2) is 25.6 Å². The fourth-order valence-electron chi connectivity index (χ4n) is 1.09. The lowest BCUT2D eigenvalue weighted by Crippen LogP contribution is -2.08. The lowest BCUT2D eigenvalue weighted by Gasteiger charge is -2.07. The van der Waals surface area contributed by atoms with Crippen LogP contribution in [0.15, 0.2) is 18.2 Å². The molecule has 0 aliphatic rings. The van der Waals surface area contributed by atoms with Gasteiger partial charge in [-0.15, -0.1) is 0 Å². The molecule has 0 fully saturated rings. The summed E-state index contributed by atoms with van der Waals surface area (Å²) in [6.07, 6.45) is 0. The molecule has 0 amide bonds. The molecule has 0 aromatic heterocycles. The first-order valence-corrected chi connectivity index (χ1v) is 5.82. The van der Waals surface area contributed by atoms with Crippen molar-refractivity contribution in [1.29, 1.82) is 0 Å². The zero-order chi connectivity index (χ0) is 11.1. The Labute approximate surface area is 101 Å². The lowest BCUT2D eigenvalue weighted by molar-refractivity contribution is 0.112. The van der Waals surface area contributed by atoms with Gasteiger partial charge >= 0.3 is 0 Å². The molecule has 0 aliphatic heterocycles. The largest absolute Gasteiger partial charge is 0.491 e. The third kappa shape index (κ3) is 4.78. The summed E-state index contributed by atoms with van der Waals surface area (Å²) in [5.74, 6) is 1.56. The van der Waals surface area contributed by atoms with Crippen molar-refractivity contribution in [2.45, 2.75) is 6.92 Å². The number of thiol groups is 1. The van der Waals surface area contributed by atoms with Gasteiger partial charge in [-0.3, -0.25) is 0 Å². The predicted molar refractivity (Wildman–Crippen MR) is 66.4 cm³/mol. The SMILES string of the molecule is Cc1cc(OCCOCCS)ccc1Cl. The Hall–Kier alpha value is -0.380. The highest BCUT2D eigenvalue weighted by molar-refractivity contribution is 7.80. The summed E-state index contributed by atoms with van der Waals surface area (Å²) in [7, 11) is 0. The highest BCUT2D eigenvalue weighted by Gasteiger charge is 1.98. The maximum atomic E-state index is 5.89. The zero-order valence-corrected chi connectivity index (χ0v) is 10.4. The Kier molecular flexibility index (Phi) is 5.91. The number of ether oxygens (including phenoxy) is 2. The van der Waals surface area contributed by atoms with E-state index in [-0.39, 0.29) is 0 Å². The average molecular weight is 247 g/mol. The lowest BCUT2D eigenvalue weighted by atomic mass is 10.2. The first kappa shape index (κ1) is 12.7. The van der Waals surface area contributed by atoms with Crippen LogP contribution in [0.2, 0.25) is 5.02 Å². The molecule has 15 heavy (non-hydrogen) atoms. The minimum absolute atomic E-state index is 0.550. The molecule has 1 aromatic carbocycles. The molecule has 4 heteroatoms. The van der Waals surface area contributed by atoms with E-state index in [0.717, 1.165) is 22.1 Å². The number of hydrogen-bond acceptors (Lipinski definition) is 3. The van der Waals surface area contributed by atoms with Gasteiger partial charge in [-0.05, 0) is 30.7 Å². The second-order valence-electron chi connectivity index (χ2n) is 3.10. The Morgan fingerprint density at radius 1 is 1.27 bits per heavy atom. The van der Waals surface area contributed by atoms with E-state index >= 15 is 0 Å². The smallest absolute Gasteiger partial charge is 0.119 e. The summed E-state index contributed by atoms with van der Waals surface area (Å²) in [5.41, 5.74) is 1.02. The van der Waals surface area contributed by atoms with Gasteiger partial charge in [0.1, 0.15) is 12.4 Å². The van der Waals surface area contributed by atoms with Crippen LogP contribution >= 0.6 is 24.2 Å². The molecule has 84 valence electrons. The van der Waals surface area contributed by atoms with Crippen LogP contribution < -0.4 is 4.74 Å². The van der Waals surface area contributed by atoms with Crippen LogP contribution in [0.5, 0.6) is 5.75 Å². The molecule has 0 radical (unpaired) electrons. The minimum atomic E-state index is 0.550. The molecule has 0 saturated heterocycles. The van der Waals surface area contributed by atoms with Gasteiger partial charge in [0.05, 0.1) is 13.2 Å². The van der Waals surface area contributed by atoms with Crippen LogP contribution in [0.25, 0.3) is 0 Å². The van der Waals surface area contributed by atoms with Gasteiger partial charge in [0.25, 0.3) is 0 Å². The standard InChI is InChI=1S/C11H15ClO2S/c1-9-8-10(2-3-11(9)12)14-5-4-13-6-7-15/h2-3,8,15H,4-7H2,1H3. The molecule has 2 nitrogen and oxygen atoms in total. The van der Waals surface area contributed by atoms with Crippen LogP contribution in [0, 0.1) is 6.92 Å². The number of rotatable bonds is 6. The molecule has 0 aliphatic carbocycles. The minimum Gasteiger partial charge on any atom is -0.491 e. The van der Waals surface area contributed by atoms with Gasteiger partial charge in [0.15, 0.2) is 0 Å². The van der Waals surface area contributed by atoms with E-state index in [9.17, 15) is 0 Å². The van der Waals surface area contributed by atoms with E-state index in [2.05, 4.69) is 12.6 Å². The third-order valence-corrected chi connectivity index (χ3v) is 2.47. The van der Waals surface area contributed by atoms with Crippen LogP contribution in [-0.2, 0) is 4.74 Å². The highest BCUT2D eigenvalue weighted by Crippen LogP contribution is 2.20. The molecular formula is C11H15ClO2S. The molecule has 1 aromatic rings. The van der Waals surface area contributed by atoms with E-state index in [0.29, 0.717) is 19.8 Å². The summed E-state index contributed by atoms with van der Waals surface area (Å²) in [4.78, 5) is 0. The van der Waals surface area contributed by atoms with E-state index < -0.39 is 0 Å². The van der Waals surface area contributed by atoms with E-state index in [1.807, 2.05) is 25.1 Å². The molecule has 0 N–H and O–H groups in total. The quantitative estimate of drug-likeness (QED) is 0.615. The topological polar surface area (TPSA) is 18.5 Å². The zero-order valence-electron chi connectivity index (χ0n) is 8.70. The molecule has 0 atom stereocenters. The van der Waals surface area contributed by atoms with Crippen molar-refractivity contribution in [2.75, 3.05) is 25.6 Å². The highest BCUT2D eigenvalue weighted by atomic mass is 35.5.